The van der Waals surface area contributed by atoms with E-state index in [0.29, 0.717) is 10.5 Å². The lowest BCUT2D eigenvalue weighted by Gasteiger charge is -2.30. The van der Waals surface area contributed by atoms with Gasteiger partial charge < -0.3 is 4.48 Å². The summed E-state index contributed by atoms with van der Waals surface area (Å²) in [5.74, 6) is 0. The molecular formula is C6H15FN+. The quantitative estimate of drug-likeness (QED) is 0.381. The van der Waals surface area contributed by atoms with Crippen molar-refractivity contribution in [1.29, 1.82) is 0 Å². The second kappa shape index (κ2) is 2.44. The van der Waals surface area contributed by atoms with Gasteiger partial charge >= 0.3 is 0 Å². The van der Waals surface area contributed by atoms with E-state index in [2.05, 4.69) is 0 Å². The molecule has 0 radical (unpaired) electrons. The van der Waals surface area contributed by atoms with Crippen LogP contribution in [0, 0.1) is 0 Å². The summed E-state index contributed by atoms with van der Waals surface area (Å²) in [4.78, 5) is 0. The van der Waals surface area contributed by atoms with E-state index in [0.717, 1.165) is 0 Å². The fourth-order valence-electron chi connectivity index (χ4n) is 0.138. The van der Waals surface area contributed by atoms with Crippen LogP contribution in [0.4, 0.5) is 4.39 Å². The predicted molar refractivity (Wildman–Crippen MR) is 33.2 cm³/mol. The Hall–Kier alpha value is -0.110. The van der Waals surface area contributed by atoms with Gasteiger partial charge in [-0.05, 0) is 13.8 Å². The lowest BCUT2D eigenvalue weighted by Crippen LogP contribution is -2.44. The molecule has 0 fully saturated rings. The largest absolute Gasteiger partial charge is 0.300 e. The first-order valence-corrected chi connectivity index (χ1v) is 2.89. The molecule has 0 saturated carbocycles. The Bertz CT molecular complexity index is 68.9. The van der Waals surface area contributed by atoms with Crippen molar-refractivity contribution in [3.8, 4) is 0 Å². The topological polar surface area (TPSA) is 0 Å². The maximum Gasteiger partial charge on any atom is 0.221 e. The van der Waals surface area contributed by atoms with E-state index >= 15 is 0 Å². The highest BCUT2D eigenvalue weighted by atomic mass is 19.1. The van der Waals surface area contributed by atoms with Crippen LogP contribution in [-0.2, 0) is 0 Å². The number of hydrogen-bond donors (Lipinski definition) is 0. The summed E-state index contributed by atoms with van der Waals surface area (Å²) in [6, 6.07) is 0.375. The molecule has 0 aliphatic heterocycles. The Morgan fingerprint density at radius 1 is 1.38 bits per heavy atom. The second-order valence-electron chi connectivity index (χ2n) is 2.99. The highest BCUT2D eigenvalue weighted by molar-refractivity contribution is 4.33. The minimum Gasteiger partial charge on any atom is -0.300 e. The first-order valence-electron chi connectivity index (χ1n) is 2.89. The van der Waals surface area contributed by atoms with Crippen molar-refractivity contribution in [2.24, 2.45) is 0 Å². The molecule has 0 rings (SSSR count). The van der Waals surface area contributed by atoms with Crippen LogP contribution in [0.15, 0.2) is 0 Å². The van der Waals surface area contributed by atoms with Gasteiger partial charge in [-0.1, -0.05) is 0 Å². The third-order valence-corrected chi connectivity index (χ3v) is 1.71. The number of alkyl halides is 1. The van der Waals surface area contributed by atoms with Crippen LogP contribution >= 0.6 is 0 Å². The third kappa shape index (κ3) is 1.78. The number of hydrogen-bond acceptors (Lipinski definition) is 0. The summed E-state index contributed by atoms with van der Waals surface area (Å²) in [7, 11) is 3.76. The first-order chi connectivity index (χ1) is 3.50. The van der Waals surface area contributed by atoms with Gasteiger partial charge in [0, 0.05) is 0 Å². The molecule has 1 nitrogen and oxygen atoms in total. The molecule has 0 unspecified atom stereocenters. The Morgan fingerprint density at radius 3 is 1.75 bits per heavy atom. The van der Waals surface area contributed by atoms with Crippen LogP contribution in [0.3, 0.4) is 0 Å². The molecule has 0 spiro atoms. The smallest absolute Gasteiger partial charge is 0.221 e. The second-order valence-corrected chi connectivity index (χ2v) is 2.99. The maximum atomic E-state index is 12.0. The number of halogens is 1. The Balaban J connectivity index is 3.71. The van der Waals surface area contributed by atoms with Crippen LogP contribution in [0.1, 0.15) is 13.8 Å². The predicted octanol–water partition coefficient (Wildman–Crippen LogP) is 1.40. The summed E-state index contributed by atoms with van der Waals surface area (Å²) in [6.07, 6.45) is 0. The number of nitrogens with zero attached hydrogens (tertiary/aromatic N) is 1. The van der Waals surface area contributed by atoms with Gasteiger partial charge in [-0.15, -0.1) is 0 Å². The molecule has 50 valence electrons. The van der Waals surface area contributed by atoms with Crippen molar-refractivity contribution in [2.75, 3.05) is 20.9 Å². The van der Waals surface area contributed by atoms with E-state index < -0.39 is 0 Å². The number of quaternary nitrogens is 1. The van der Waals surface area contributed by atoms with Gasteiger partial charge in [-0.2, -0.15) is 4.39 Å². The Morgan fingerprint density at radius 2 is 1.75 bits per heavy atom. The minimum absolute atomic E-state index is 0.280. The summed E-state index contributed by atoms with van der Waals surface area (Å²) in [5.41, 5.74) is 0. The lowest BCUT2D eigenvalue weighted by atomic mass is 10.3. The first kappa shape index (κ1) is 7.89. The summed E-state index contributed by atoms with van der Waals surface area (Å²) < 4.78 is 12.5. The van der Waals surface area contributed by atoms with E-state index in [1.807, 2.05) is 27.9 Å². The molecule has 0 aromatic carbocycles. The monoisotopic (exact) mass is 120 g/mol. The summed E-state index contributed by atoms with van der Waals surface area (Å²) in [5, 5.41) is 0. The molecule has 0 aliphatic rings. The molecule has 0 bridgehead atoms. The molecule has 0 aromatic heterocycles. The van der Waals surface area contributed by atoms with Gasteiger partial charge in [0.05, 0.1) is 20.1 Å². The molecule has 2 heteroatoms. The van der Waals surface area contributed by atoms with Gasteiger partial charge in [-0.3, -0.25) is 0 Å². The molecule has 0 amide bonds. The highest BCUT2D eigenvalue weighted by Crippen LogP contribution is 2.03. The maximum absolute atomic E-state index is 12.0. The van der Waals surface area contributed by atoms with Crippen LogP contribution < -0.4 is 0 Å². The molecule has 0 N–H and O–H groups in total. The van der Waals surface area contributed by atoms with E-state index in [4.69, 9.17) is 0 Å². The normalized spacial score (nSPS) is 12.8. The molecular weight excluding hydrogens is 105 g/mol. The van der Waals surface area contributed by atoms with Crippen LogP contribution in [0.25, 0.3) is 0 Å². The van der Waals surface area contributed by atoms with Crippen molar-refractivity contribution < 1.29 is 8.87 Å². The molecule has 8 heavy (non-hydrogen) atoms. The highest BCUT2D eigenvalue weighted by Gasteiger charge is 2.17. The lowest BCUT2D eigenvalue weighted by molar-refractivity contribution is -0.922. The molecule has 0 heterocycles. The van der Waals surface area contributed by atoms with Gasteiger partial charge in [0.15, 0.2) is 0 Å². The van der Waals surface area contributed by atoms with Gasteiger partial charge in [-0.25, -0.2) is 0 Å². The number of rotatable bonds is 2. The zero-order chi connectivity index (χ0) is 6.78. The van der Waals surface area contributed by atoms with Crippen molar-refractivity contribution >= 4 is 0 Å². The van der Waals surface area contributed by atoms with Crippen LogP contribution in [0.2, 0.25) is 0 Å². The van der Waals surface area contributed by atoms with Crippen molar-refractivity contribution in [3.63, 3.8) is 0 Å². The van der Waals surface area contributed by atoms with Crippen molar-refractivity contribution in [3.05, 3.63) is 0 Å². The zero-order valence-corrected chi connectivity index (χ0v) is 6.11. The minimum atomic E-state index is -0.280. The average Bonchev–Trinajstić information content (AvgIpc) is 1.67. The van der Waals surface area contributed by atoms with E-state index in [1.54, 1.807) is 0 Å². The molecule has 0 saturated heterocycles. The van der Waals surface area contributed by atoms with Gasteiger partial charge in [0.1, 0.15) is 0 Å². The van der Waals surface area contributed by atoms with Gasteiger partial charge in [0.25, 0.3) is 0 Å². The standard InChI is InChI=1S/C6H15FN/c1-6(2)8(3,4)5-7/h6H,5H2,1-4H3/q+1. The SMILES string of the molecule is CC(C)[N+](C)(C)CF. The third-order valence-electron chi connectivity index (χ3n) is 1.71. The Labute approximate surface area is 50.7 Å². The zero-order valence-electron chi connectivity index (χ0n) is 6.11. The fraction of sp³-hybridized carbons (Fsp3) is 1.00. The van der Waals surface area contributed by atoms with Crippen molar-refractivity contribution in [1.82, 2.24) is 0 Å². The van der Waals surface area contributed by atoms with E-state index in [-0.39, 0.29) is 6.80 Å². The van der Waals surface area contributed by atoms with Crippen molar-refractivity contribution in [2.45, 2.75) is 19.9 Å². The molecule has 0 aromatic rings. The average molecular weight is 120 g/mol. The Kier molecular flexibility index (Phi) is 2.41. The molecule has 0 atom stereocenters. The van der Waals surface area contributed by atoms with Crippen LogP contribution in [-0.4, -0.2) is 31.4 Å². The molecule has 0 aliphatic carbocycles. The summed E-state index contributed by atoms with van der Waals surface area (Å²) in [6.45, 7) is 3.75. The van der Waals surface area contributed by atoms with Crippen LogP contribution in [0.5, 0.6) is 0 Å². The van der Waals surface area contributed by atoms with E-state index in [1.165, 1.54) is 0 Å². The van der Waals surface area contributed by atoms with E-state index in [9.17, 15) is 4.39 Å². The summed E-state index contributed by atoms with van der Waals surface area (Å²) >= 11 is 0. The van der Waals surface area contributed by atoms with Gasteiger partial charge in [0.2, 0.25) is 6.80 Å². The fourth-order valence-corrected chi connectivity index (χ4v) is 0.138.